The third-order valence-corrected chi connectivity index (χ3v) is 13.6. The van der Waals surface area contributed by atoms with Gasteiger partial charge in [-0.3, -0.25) is 24.2 Å². The molecule has 1 aliphatic carbocycles. The SMILES string of the molecule is CC(C)(CCOC(C)(C)CCC(=O)OC(C)(C)C)NC(=O)c1cccc2c1ccn2Cc1cccc(C(=O)Nc2ccc(N3CCCCC3)cc2-c2cc(C(=O)NC3CCCc4ccccc43)ccn2)c1. The largest absolute Gasteiger partial charge is 0.460 e. The third kappa shape index (κ3) is 13.1. The fraction of sp³-hybridized carbons (Fsp3) is 0.407. The summed E-state index contributed by atoms with van der Waals surface area (Å²) in [6, 6.07) is 33.2. The summed E-state index contributed by atoms with van der Waals surface area (Å²) in [6.07, 6.45) is 11.4. The van der Waals surface area contributed by atoms with Gasteiger partial charge in [0.1, 0.15) is 5.60 Å². The van der Waals surface area contributed by atoms with Gasteiger partial charge in [0.05, 0.1) is 23.0 Å². The van der Waals surface area contributed by atoms with Crippen LogP contribution in [0.25, 0.3) is 22.2 Å². The van der Waals surface area contributed by atoms with Crippen LogP contribution in [-0.2, 0) is 27.2 Å². The molecule has 71 heavy (non-hydrogen) atoms. The van der Waals surface area contributed by atoms with Crippen molar-refractivity contribution >= 4 is 46.0 Å². The summed E-state index contributed by atoms with van der Waals surface area (Å²) < 4.78 is 13.7. The second-order valence-electron chi connectivity index (χ2n) is 21.4. The van der Waals surface area contributed by atoms with Crippen LogP contribution in [0.15, 0.2) is 116 Å². The van der Waals surface area contributed by atoms with E-state index >= 15 is 0 Å². The predicted molar refractivity (Wildman–Crippen MR) is 282 cm³/mol. The van der Waals surface area contributed by atoms with E-state index < -0.39 is 16.7 Å². The van der Waals surface area contributed by atoms with E-state index in [0.717, 1.165) is 72.9 Å². The number of rotatable bonds is 17. The van der Waals surface area contributed by atoms with Gasteiger partial charge in [0.2, 0.25) is 0 Å². The van der Waals surface area contributed by atoms with Crippen LogP contribution in [0.5, 0.6) is 0 Å². The van der Waals surface area contributed by atoms with Crippen LogP contribution in [0.1, 0.15) is 154 Å². The van der Waals surface area contributed by atoms with E-state index in [1.54, 1.807) is 18.3 Å². The number of anilines is 2. The Morgan fingerprint density at radius 1 is 0.746 bits per heavy atom. The second kappa shape index (κ2) is 21.7. The first-order valence-corrected chi connectivity index (χ1v) is 25.3. The fourth-order valence-electron chi connectivity index (χ4n) is 9.72. The molecule has 6 aromatic rings. The predicted octanol–water partition coefficient (Wildman–Crippen LogP) is 11.6. The maximum absolute atomic E-state index is 14.2. The normalized spacial score (nSPS) is 15.2. The van der Waals surface area contributed by atoms with Gasteiger partial charge in [0, 0.05) is 89.4 Å². The number of amides is 3. The Morgan fingerprint density at radius 2 is 1.52 bits per heavy atom. The number of ether oxygens (including phenoxy) is 2. The molecular formula is C59H70N6O6. The highest BCUT2D eigenvalue weighted by Crippen LogP contribution is 2.35. The van der Waals surface area contributed by atoms with E-state index in [0.29, 0.717) is 54.1 Å². The third-order valence-electron chi connectivity index (χ3n) is 13.6. The Morgan fingerprint density at radius 3 is 2.32 bits per heavy atom. The summed E-state index contributed by atoms with van der Waals surface area (Å²) >= 11 is 0. The number of carbonyl (C=O) groups excluding carboxylic acids is 4. The molecular weight excluding hydrogens is 889 g/mol. The monoisotopic (exact) mass is 959 g/mol. The van der Waals surface area contributed by atoms with Gasteiger partial charge >= 0.3 is 5.97 Å². The van der Waals surface area contributed by atoms with E-state index in [-0.39, 0.29) is 36.2 Å². The van der Waals surface area contributed by atoms with Gasteiger partial charge in [-0.2, -0.15) is 0 Å². The Labute approximate surface area is 418 Å². The maximum atomic E-state index is 14.2. The van der Waals surface area contributed by atoms with Crippen molar-refractivity contribution in [2.45, 2.75) is 136 Å². The zero-order valence-electron chi connectivity index (χ0n) is 42.5. The zero-order valence-corrected chi connectivity index (χ0v) is 42.5. The summed E-state index contributed by atoms with van der Waals surface area (Å²) in [6.45, 7) is 16.2. The molecule has 4 aromatic carbocycles. The lowest BCUT2D eigenvalue weighted by Crippen LogP contribution is -2.44. The summed E-state index contributed by atoms with van der Waals surface area (Å²) in [5.74, 6) is -0.850. The lowest BCUT2D eigenvalue weighted by atomic mass is 9.87. The van der Waals surface area contributed by atoms with Crippen molar-refractivity contribution in [2.24, 2.45) is 0 Å². The number of nitrogens with zero attached hydrogens (tertiary/aromatic N) is 3. The van der Waals surface area contributed by atoms with Crippen molar-refractivity contribution in [1.29, 1.82) is 0 Å². The number of hydrogen-bond donors (Lipinski definition) is 3. The number of benzene rings is 4. The molecule has 8 rings (SSSR count). The van der Waals surface area contributed by atoms with Gasteiger partial charge in [-0.1, -0.05) is 42.5 Å². The van der Waals surface area contributed by atoms with Crippen LogP contribution in [0.2, 0.25) is 0 Å². The number of aryl methyl sites for hydroxylation is 1. The van der Waals surface area contributed by atoms with Crippen LogP contribution in [0.4, 0.5) is 11.4 Å². The second-order valence-corrected chi connectivity index (χ2v) is 21.4. The molecule has 0 spiro atoms. The van der Waals surface area contributed by atoms with Crippen molar-refractivity contribution in [3.63, 3.8) is 0 Å². The molecule has 12 heteroatoms. The number of hydrogen-bond acceptors (Lipinski definition) is 8. The fourth-order valence-corrected chi connectivity index (χ4v) is 9.72. The standard InChI is InChI=1S/C59H70N6O6/c1-57(2,3)71-53(66)26-29-59(6,7)70-35-30-58(4,5)63-56(69)47-21-15-23-52-46(47)28-34-65(52)39-40-16-13-19-42(36-40)54(67)62-50-25-24-44(64-32-11-8-12-33-64)38-48(50)51-37-43(27-31-60-51)55(68)61-49-22-14-18-41-17-9-10-20-45(41)49/h9-10,13,15-17,19-21,23-25,27-28,31,34,36-38,49H,8,11-12,14,18,22,26,29-30,32-33,35,39H2,1-7H3,(H,61,68)(H,62,67)(H,63,69). The van der Waals surface area contributed by atoms with Gasteiger partial charge in [0.15, 0.2) is 0 Å². The van der Waals surface area contributed by atoms with Crippen molar-refractivity contribution in [1.82, 2.24) is 20.2 Å². The van der Waals surface area contributed by atoms with Crippen LogP contribution < -0.4 is 20.9 Å². The maximum Gasteiger partial charge on any atom is 0.306 e. The average molecular weight is 959 g/mol. The number of piperidine rings is 1. The first kappa shape index (κ1) is 50.6. The highest BCUT2D eigenvalue weighted by Gasteiger charge is 2.28. The van der Waals surface area contributed by atoms with Crippen molar-refractivity contribution in [3.8, 4) is 11.3 Å². The molecule has 0 bridgehead atoms. The smallest absolute Gasteiger partial charge is 0.306 e. The first-order valence-electron chi connectivity index (χ1n) is 25.3. The molecule has 2 aliphatic rings. The van der Waals surface area contributed by atoms with E-state index in [1.807, 2.05) is 115 Å². The first-order chi connectivity index (χ1) is 33.9. The minimum atomic E-state index is -0.570. The molecule has 0 radical (unpaired) electrons. The number of fused-ring (bicyclic) bond motifs is 2. The Hall–Kier alpha value is -6.79. The minimum Gasteiger partial charge on any atom is -0.460 e. The summed E-state index contributed by atoms with van der Waals surface area (Å²) in [4.78, 5) is 61.3. The topological polar surface area (TPSA) is 144 Å². The molecule has 3 N–H and O–H groups in total. The minimum absolute atomic E-state index is 0.0581. The van der Waals surface area contributed by atoms with Crippen LogP contribution in [0, 0.1) is 0 Å². The molecule has 3 amide bonds. The average Bonchev–Trinajstić information content (AvgIpc) is 3.75. The van der Waals surface area contributed by atoms with Crippen molar-refractivity contribution in [2.75, 3.05) is 29.9 Å². The number of pyridine rings is 1. The Kier molecular flexibility index (Phi) is 15.5. The van der Waals surface area contributed by atoms with Crippen molar-refractivity contribution in [3.05, 3.63) is 149 Å². The lowest BCUT2D eigenvalue weighted by Gasteiger charge is -2.30. The molecule has 2 aromatic heterocycles. The van der Waals surface area contributed by atoms with Gasteiger partial charge < -0.3 is 34.9 Å². The van der Waals surface area contributed by atoms with E-state index in [2.05, 4.69) is 55.7 Å². The summed E-state index contributed by atoms with van der Waals surface area (Å²) in [7, 11) is 0. The van der Waals surface area contributed by atoms with Gasteiger partial charge in [-0.15, -0.1) is 0 Å². The number of aromatic nitrogens is 2. The molecule has 1 unspecified atom stereocenters. The molecule has 1 atom stereocenters. The van der Waals surface area contributed by atoms with Gasteiger partial charge in [0.25, 0.3) is 17.7 Å². The Balaban J connectivity index is 0.941. The zero-order chi connectivity index (χ0) is 50.3. The Bertz CT molecular complexity index is 2890. The van der Waals surface area contributed by atoms with Crippen LogP contribution in [0.3, 0.4) is 0 Å². The highest BCUT2D eigenvalue weighted by atomic mass is 16.6. The summed E-state index contributed by atoms with van der Waals surface area (Å²) in [5.41, 5.74) is 7.20. The molecule has 3 heterocycles. The lowest BCUT2D eigenvalue weighted by molar-refractivity contribution is -0.156. The van der Waals surface area contributed by atoms with Crippen molar-refractivity contribution < 1.29 is 28.7 Å². The van der Waals surface area contributed by atoms with E-state index in [4.69, 9.17) is 14.5 Å². The number of esters is 1. The number of carbonyl (C=O) groups is 4. The molecule has 1 aliphatic heterocycles. The van der Waals surface area contributed by atoms with E-state index in [9.17, 15) is 19.2 Å². The van der Waals surface area contributed by atoms with Crippen LogP contribution in [-0.4, -0.2) is 69.7 Å². The highest BCUT2D eigenvalue weighted by molar-refractivity contribution is 6.08. The molecule has 0 saturated carbocycles. The molecule has 1 fully saturated rings. The van der Waals surface area contributed by atoms with E-state index in [1.165, 1.54) is 17.5 Å². The molecule has 1 saturated heterocycles. The van der Waals surface area contributed by atoms with Gasteiger partial charge in [-0.05, 0) is 177 Å². The summed E-state index contributed by atoms with van der Waals surface area (Å²) in [5, 5.41) is 10.5. The van der Waals surface area contributed by atoms with Crippen LogP contribution >= 0.6 is 0 Å². The quantitative estimate of drug-likeness (QED) is 0.0767. The molecule has 372 valence electrons. The molecule has 12 nitrogen and oxygen atoms in total. The number of nitrogens with one attached hydrogen (secondary N) is 3. The van der Waals surface area contributed by atoms with Gasteiger partial charge in [-0.25, -0.2) is 0 Å².